The number of hydrogen-bond donors (Lipinski definition) is 2. The molecule has 1 heterocycles. The first-order chi connectivity index (χ1) is 9.19. The van der Waals surface area contributed by atoms with Crippen molar-refractivity contribution in [2.75, 3.05) is 11.9 Å². The number of fused-ring (bicyclic) bond motifs is 1. The summed E-state index contributed by atoms with van der Waals surface area (Å²) in [6, 6.07) is 6.97. The third kappa shape index (κ3) is 2.29. The predicted octanol–water partition coefficient (Wildman–Crippen LogP) is 2.33. The van der Waals surface area contributed by atoms with Gasteiger partial charge in [0.05, 0.1) is 29.5 Å². The molecule has 0 atom stereocenters. The second-order valence-corrected chi connectivity index (χ2v) is 3.80. The van der Waals surface area contributed by atoms with Crippen LogP contribution in [0.4, 0.5) is 5.69 Å². The van der Waals surface area contributed by atoms with Crippen LogP contribution in [0, 0.1) is 11.3 Å². The van der Waals surface area contributed by atoms with Crippen molar-refractivity contribution in [2.24, 2.45) is 0 Å². The SMILES string of the molecule is CCOC(=O)C1=C(O)c2c(C#N)cccc2NC=C1. The Hall–Kier alpha value is -2.74. The lowest BCUT2D eigenvalue weighted by Crippen LogP contribution is -2.08. The second kappa shape index (κ2) is 5.27. The Balaban J connectivity index is 2.62. The molecule has 0 radical (unpaired) electrons. The highest BCUT2D eigenvalue weighted by Gasteiger charge is 2.22. The first-order valence-corrected chi connectivity index (χ1v) is 5.76. The van der Waals surface area contributed by atoms with E-state index in [9.17, 15) is 9.90 Å². The summed E-state index contributed by atoms with van der Waals surface area (Å²) in [5, 5.41) is 22.2. The molecule has 5 heteroatoms. The molecular formula is C14H12N2O3. The van der Waals surface area contributed by atoms with Crippen molar-refractivity contribution in [1.82, 2.24) is 0 Å². The topological polar surface area (TPSA) is 82.3 Å². The summed E-state index contributed by atoms with van der Waals surface area (Å²) in [6.45, 7) is 1.90. The minimum atomic E-state index is -0.626. The molecule has 0 amide bonds. The van der Waals surface area contributed by atoms with Gasteiger partial charge in [0, 0.05) is 6.20 Å². The summed E-state index contributed by atoms with van der Waals surface area (Å²) < 4.78 is 4.88. The number of aliphatic hydroxyl groups excluding tert-OH is 1. The van der Waals surface area contributed by atoms with E-state index in [1.807, 2.05) is 6.07 Å². The number of nitrogens with zero attached hydrogens (tertiary/aromatic N) is 1. The molecule has 19 heavy (non-hydrogen) atoms. The smallest absolute Gasteiger partial charge is 0.341 e. The maximum Gasteiger partial charge on any atom is 0.341 e. The lowest BCUT2D eigenvalue weighted by Gasteiger charge is -2.10. The highest BCUT2D eigenvalue weighted by Crippen LogP contribution is 2.31. The molecule has 1 aliphatic heterocycles. The summed E-state index contributed by atoms with van der Waals surface area (Å²) >= 11 is 0. The van der Waals surface area contributed by atoms with Crippen LogP contribution in [0.5, 0.6) is 0 Å². The Morgan fingerprint density at radius 3 is 3.00 bits per heavy atom. The maximum absolute atomic E-state index is 11.8. The van der Waals surface area contributed by atoms with Gasteiger partial charge in [0.1, 0.15) is 11.3 Å². The van der Waals surface area contributed by atoms with Gasteiger partial charge in [-0.2, -0.15) is 5.26 Å². The number of carbonyl (C=O) groups is 1. The van der Waals surface area contributed by atoms with Crippen molar-refractivity contribution in [3.8, 4) is 6.07 Å². The van der Waals surface area contributed by atoms with E-state index >= 15 is 0 Å². The number of rotatable bonds is 2. The Morgan fingerprint density at radius 1 is 1.53 bits per heavy atom. The number of benzene rings is 1. The molecule has 0 spiro atoms. The van der Waals surface area contributed by atoms with Gasteiger partial charge in [0.2, 0.25) is 0 Å². The molecule has 96 valence electrons. The van der Waals surface area contributed by atoms with Crippen LogP contribution in [0.3, 0.4) is 0 Å². The first kappa shape index (κ1) is 12.7. The third-order valence-electron chi connectivity index (χ3n) is 2.66. The summed E-state index contributed by atoms with van der Waals surface area (Å²) in [5.41, 5.74) is 1.17. The monoisotopic (exact) mass is 256 g/mol. The van der Waals surface area contributed by atoms with E-state index in [2.05, 4.69) is 5.32 Å². The number of aliphatic hydroxyl groups is 1. The van der Waals surface area contributed by atoms with E-state index in [0.717, 1.165) is 0 Å². The van der Waals surface area contributed by atoms with E-state index in [0.29, 0.717) is 11.3 Å². The minimum absolute atomic E-state index is 0.0239. The summed E-state index contributed by atoms with van der Waals surface area (Å²) in [5.74, 6) is -0.884. The average molecular weight is 256 g/mol. The van der Waals surface area contributed by atoms with Crippen molar-refractivity contribution in [3.63, 3.8) is 0 Å². The molecule has 0 saturated heterocycles. The number of ether oxygens (including phenoxy) is 1. The number of esters is 1. The van der Waals surface area contributed by atoms with Gasteiger partial charge in [-0.25, -0.2) is 4.79 Å². The van der Waals surface area contributed by atoms with Gasteiger partial charge in [-0.3, -0.25) is 0 Å². The quantitative estimate of drug-likeness (QED) is 0.793. The zero-order valence-corrected chi connectivity index (χ0v) is 10.3. The molecule has 0 aromatic heterocycles. The molecule has 1 aromatic carbocycles. The van der Waals surface area contributed by atoms with E-state index in [1.165, 1.54) is 12.3 Å². The second-order valence-electron chi connectivity index (χ2n) is 3.80. The lowest BCUT2D eigenvalue weighted by atomic mass is 10.0. The Labute approximate surface area is 110 Å². The molecule has 0 fully saturated rings. The number of nitriles is 1. The van der Waals surface area contributed by atoms with E-state index in [1.54, 1.807) is 25.1 Å². The van der Waals surface area contributed by atoms with Crippen LogP contribution in [0.2, 0.25) is 0 Å². The summed E-state index contributed by atoms with van der Waals surface area (Å²) in [7, 11) is 0. The molecule has 0 aliphatic carbocycles. The highest BCUT2D eigenvalue weighted by atomic mass is 16.5. The van der Waals surface area contributed by atoms with Crippen molar-refractivity contribution < 1.29 is 14.6 Å². The summed E-state index contributed by atoms with van der Waals surface area (Å²) in [6.07, 6.45) is 2.95. The minimum Gasteiger partial charge on any atom is -0.506 e. The van der Waals surface area contributed by atoms with Crippen LogP contribution >= 0.6 is 0 Å². The van der Waals surface area contributed by atoms with E-state index in [-0.39, 0.29) is 23.5 Å². The fraction of sp³-hybridized carbons (Fsp3) is 0.143. The fourth-order valence-corrected chi connectivity index (χ4v) is 1.82. The zero-order chi connectivity index (χ0) is 13.8. The van der Waals surface area contributed by atoms with Crippen molar-refractivity contribution in [2.45, 2.75) is 6.92 Å². The largest absolute Gasteiger partial charge is 0.506 e. The third-order valence-corrected chi connectivity index (χ3v) is 2.66. The van der Waals surface area contributed by atoms with Crippen molar-refractivity contribution >= 4 is 17.4 Å². The Kier molecular flexibility index (Phi) is 3.53. The van der Waals surface area contributed by atoms with Crippen LogP contribution < -0.4 is 5.32 Å². The van der Waals surface area contributed by atoms with E-state index < -0.39 is 5.97 Å². The number of hydrogen-bond acceptors (Lipinski definition) is 5. The van der Waals surface area contributed by atoms with Crippen molar-refractivity contribution in [1.29, 1.82) is 5.26 Å². The van der Waals surface area contributed by atoms with Gasteiger partial charge in [0.15, 0.2) is 0 Å². The average Bonchev–Trinajstić information content (AvgIpc) is 2.58. The van der Waals surface area contributed by atoms with Gasteiger partial charge in [-0.15, -0.1) is 0 Å². The molecular weight excluding hydrogens is 244 g/mol. The fourth-order valence-electron chi connectivity index (χ4n) is 1.82. The standard InChI is InChI=1S/C14H12N2O3/c1-2-19-14(18)10-6-7-16-11-5-3-4-9(8-15)12(11)13(10)17/h3-7,16-17H,2H2,1H3. The lowest BCUT2D eigenvalue weighted by molar-refractivity contribution is -0.138. The molecule has 1 aromatic rings. The number of carbonyl (C=O) groups excluding carboxylic acids is 1. The maximum atomic E-state index is 11.8. The van der Waals surface area contributed by atoms with Crippen molar-refractivity contribution in [3.05, 3.63) is 47.2 Å². The van der Waals surface area contributed by atoms with Crippen LogP contribution in [0.1, 0.15) is 18.1 Å². The molecule has 0 saturated carbocycles. The Bertz CT molecular complexity index is 624. The zero-order valence-electron chi connectivity index (χ0n) is 10.3. The van der Waals surface area contributed by atoms with Gasteiger partial charge in [-0.05, 0) is 25.1 Å². The van der Waals surface area contributed by atoms with E-state index in [4.69, 9.17) is 10.00 Å². The van der Waals surface area contributed by atoms with Crippen LogP contribution in [0.15, 0.2) is 36.0 Å². The molecule has 0 bridgehead atoms. The first-order valence-electron chi connectivity index (χ1n) is 5.76. The number of nitrogens with one attached hydrogen (secondary N) is 1. The van der Waals surface area contributed by atoms with Gasteiger partial charge >= 0.3 is 5.97 Å². The molecule has 5 nitrogen and oxygen atoms in total. The van der Waals surface area contributed by atoms with Crippen LogP contribution in [-0.2, 0) is 9.53 Å². The summed E-state index contributed by atoms with van der Waals surface area (Å²) in [4.78, 5) is 11.8. The van der Waals surface area contributed by atoms with Crippen LogP contribution in [-0.4, -0.2) is 17.7 Å². The van der Waals surface area contributed by atoms with Gasteiger partial charge < -0.3 is 15.2 Å². The van der Waals surface area contributed by atoms with Crippen LogP contribution in [0.25, 0.3) is 5.76 Å². The number of anilines is 1. The Morgan fingerprint density at radius 2 is 2.32 bits per heavy atom. The normalized spacial score (nSPS) is 13.1. The molecule has 1 aliphatic rings. The van der Waals surface area contributed by atoms with Gasteiger partial charge in [-0.1, -0.05) is 6.07 Å². The molecule has 2 rings (SSSR count). The predicted molar refractivity (Wildman–Crippen MR) is 70.1 cm³/mol. The molecule has 0 unspecified atom stereocenters. The highest BCUT2D eigenvalue weighted by molar-refractivity contribution is 6.01. The molecule has 2 N–H and O–H groups in total. The van der Waals surface area contributed by atoms with Gasteiger partial charge in [0.25, 0.3) is 0 Å².